The smallest absolute Gasteiger partial charge is 0.152 e. The van der Waals surface area contributed by atoms with Gasteiger partial charge in [-0.15, -0.1) is 0 Å². The Hall–Kier alpha value is -0.370. The molecule has 0 heterocycles. The van der Waals surface area contributed by atoms with Crippen LogP contribution in [0, 0.1) is 5.92 Å². The van der Waals surface area contributed by atoms with Gasteiger partial charge in [-0.25, -0.2) is 0 Å². The lowest BCUT2D eigenvalue weighted by Gasteiger charge is -2.11. The average molecular weight is 143 g/mol. The van der Waals surface area contributed by atoms with Crippen LogP contribution in [-0.4, -0.2) is 11.8 Å². The molecule has 60 valence electrons. The third kappa shape index (κ3) is 2.48. The molecule has 0 amide bonds. The van der Waals surface area contributed by atoms with Gasteiger partial charge in [0.15, 0.2) is 5.78 Å². The molecule has 0 aromatic carbocycles. The minimum atomic E-state index is -0.241. The van der Waals surface area contributed by atoms with Gasteiger partial charge in [-0.2, -0.15) is 0 Å². The topological polar surface area (TPSA) is 43.1 Å². The predicted octanol–water partition coefficient (Wildman–Crippen LogP) is 1.34. The Morgan fingerprint density at radius 1 is 1.40 bits per heavy atom. The van der Waals surface area contributed by atoms with Crippen molar-refractivity contribution in [2.75, 3.05) is 0 Å². The molecule has 2 heteroatoms. The monoisotopic (exact) mass is 143 g/mol. The van der Waals surface area contributed by atoms with E-state index in [9.17, 15) is 4.79 Å². The van der Waals surface area contributed by atoms with Gasteiger partial charge in [0.1, 0.15) is 0 Å². The normalized spacial score (nSPS) is 16.4. The fraction of sp³-hybridized carbons (Fsp3) is 0.875. The largest absolute Gasteiger partial charge is 0.322 e. The summed E-state index contributed by atoms with van der Waals surface area (Å²) < 4.78 is 0. The lowest BCUT2D eigenvalue weighted by molar-refractivity contribution is -0.123. The van der Waals surface area contributed by atoms with E-state index in [0.29, 0.717) is 0 Å². The average Bonchev–Trinajstić information content (AvgIpc) is 2.00. The second-order valence-electron chi connectivity index (χ2n) is 2.73. The van der Waals surface area contributed by atoms with Gasteiger partial charge in [-0.1, -0.05) is 20.8 Å². The van der Waals surface area contributed by atoms with Crippen LogP contribution in [0.4, 0.5) is 0 Å². The van der Waals surface area contributed by atoms with E-state index in [0.717, 1.165) is 12.8 Å². The van der Waals surface area contributed by atoms with Crippen LogP contribution in [0.1, 0.15) is 33.6 Å². The van der Waals surface area contributed by atoms with Crippen LogP contribution in [0.25, 0.3) is 0 Å². The molecule has 0 saturated heterocycles. The van der Waals surface area contributed by atoms with Gasteiger partial charge in [0.25, 0.3) is 0 Å². The van der Waals surface area contributed by atoms with Crippen LogP contribution in [0.15, 0.2) is 0 Å². The van der Waals surface area contributed by atoms with Gasteiger partial charge in [-0.05, 0) is 12.8 Å². The van der Waals surface area contributed by atoms with Crippen LogP contribution in [0.2, 0.25) is 0 Å². The van der Waals surface area contributed by atoms with Crippen molar-refractivity contribution in [3.8, 4) is 0 Å². The van der Waals surface area contributed by atoms with Crippen molar-refractivity contribution in [2.24, 2.45) is 11.7 Å². The summed E-state index contributed by atoms with van der Waals surface area (Å²) in [5.41, 5.74) is 5.54. The molecule has 0 bridgehead atoms. The summed E-state index contributed by atoms with van der Waals surface area (Å²) in [7, 11) is 0. The van der Waals surface area contributed by atoms with Crippen molar-refractivity contribution in [2.45, 2.75) is 39.7 Å². The molecule has 0 saturated carbocycles. The molecule has 0 radical (unpaired) electrons. The van der Waals surface area contributed by atoms with E-state index in [1.165, 1.54) is 0 Å². The molecule has 0 aromatic heterocycles. The predicted molar refractivity (Wildman–Crippen MR) is 42.7 cm³/mol. The van der Waals surface area contributed by atoms with Gasteiger partial charge < -0.3 is 5.73 Å². The molecule has 0 aliphatic heterocycles. The number of rotatable bonds is 4. The second kappa shape index (κ2) is 4.45. The number of carbonyl (C=O) groups is 1. The molecule has 2 N–H and O–H groups in total. The second-order valence-corrected chi connectivity index (χ2v) is 2.73. The maximum atomic E-state index is 11.2. The molecular weight excluding hydrogens is 126 g/mol. The van der Waals surface area contributed by atoms with Crippen LogP contribution in [0.5, 0.6) is 0 Å². The Bertz CT molecular complexity index is 99.8. The minimum Gasteiger partial charge on any atom is -0.322 e. The van der Waals surface area contributed by atoms with E-state index in [-0.39, 0.29) is 17.7 Å². The molecule has 2 nitrogen and oxygen atoms in total. The van der Waals surface area contributed by atoms with Crippen LogP contribution in [-0.2, 0) is 4.79 Å². The Labute approximate surface area is 62.8 Å². The zero-order valence-corrected chi connectivity index (χ0v) is 7.05. The molecule has 0 aliphatic rings. The molecule has 2 atom stereocenters. The number of carbonyl (C=O) groups excluding carboxylic acids is 1. The molecule has 0 fully saturated rings. The maximum Gasteiger partial charge on any atom is 0.152 e. The van der Waals surface area contributed by atoms with Crippen LogP contribution in [0.3, 0.4) is 0 Å². The minimum absolute atomic E-state index is 0.134. The van der Waals surface area contributed by atoms with Crippen LogP contribution >= 0.6 is 0 Å². The molecular formula is C8H17NO. The van der Waals surface area contributed by atoms with Crippen molar-refractivity contribution < 1.29 is 4.79 Å². The first kappa shape index (κ1) is 9.63. The molecule has 0 aliphatic carbocycles. The summed E-state index contributed by atoms with van der Waals surface area (Å²) in [5.74, 6) is 0.333. The Kier molecular flexibility index (Phi) is 4.28. The summed E-state index contributed by atoms with van der Waals surface area (Å²) in [6, 6.07) is -0.241. The van der Waals surface area contributed by atoms with Crippen molar-refractivity contribution in [3.63, 3.8) is 0 Å². The highest BCUT2D eigenvalue weighted by molar-refractivity contribution is 5.85. The number of Topliss-reactive ketones (excluding diaryl/α,β-unsaturated/α-hetero) is 1. The third-order valence-electron chi connectivity index (χ3n) is 1.90. The lowest BCUT2D eigenvalue weighted by Crippen LogP contribution is -2.33. The van der Waals surface area contributed by atoms with Gasteiger partial charge in [0.05, 0.1) is 6.04 Å². The number of hydrogen-bond acceptors (Lipinski definition) is 2. The van der Waals surface area contributed by atoms with Crippen molar-refractivity contribution in [1.29, 1.82) is 0 Å². The fourth-order valence-electron chi connectivity index (χ4n) is 0.768. The van der Waals surface area contributed by atoms with Gasteiger partial charge in [0, 0.05) is 5.92 Å². The fourth-order valence-corrected chi connectivity index (χ4v) is 0.768. The quantitative estimate of drug-likeness (QED) is 0.645. The molecule has 2 unspecified atom stereocenters. The van der Waals surface area contributed by atoms with Gasteiger partial charge in [0.2, 0.25) is 0 Å². The molecule has 0 rings (SSSR count). The number of nitrogens with two attached hydrogens (primary N) is 1. The third-order valence-corrected chi connectivity index (χ3v) is 1.90. The van der Waals surface area contributed by atoms with E-state index >= 15 is 0 Å². The standard InChI is InChI=1S/C8H17NO/c1-4-6(3)8(10)7(9)5-2/h6-7H,4-5,9H2,1-3H3. The van der Waals surface area contributed by atoms with Gasteiger partial charge in [-0.3, -0.25) is 4.79 Å². The first-order chi connectivity index (χ1) is 4.63. The number of ketones is 1. The Morgan fingerprint density at radius 2 is 1.90 bits per heavy atom. The molecule has 0 aromatic rings. The summed E-state index contributed by atoms with van der Waals surface area (Å²) in [4.78, 5) is 11.2. The first-order valence-corrected chi connectivity index (χ1v) is 3.92. The van der Waals surface area contributed by atoms with E-state index < -0.39 is 0 Å². The van der Waals surface area contributed by atoms with E-state index in [4.69, 9.17) is 5.73 Å². The molecule has 0 spiro atoms. The summed E-state index contributed by atoms with van der Waals surface area (Å²) in [6.07, 6.45) is 1.65. The van der Waals surface area contributed by atoms with Crippen molar-refractivity contribution >= 4 is 5.78 Å². The summed E-state index contributed by atoms with van der Waals surface area (Å²) >= 11 is 0. The Morgan fingerprint density at radius 3 is 2.20 bits per heavy atom. The van der Waals surface area contributed by atoms with Crippen molar-refractivity contribution in [3.05, 3.63) is 0 Å². The highest BCUT2D eigenvalue weighted by Gasteiger charge is 2.16. The van der Waals surface area contributed by atoms with E-state index in [1.807, 2.05) is 20.8 Å². The van der Waals surface area contributed by atoms with Crippen LogP contribution < -0.4 is 5.73 Å². The highest BCUT2D eigenvalue weighted by Crippen LogP contribution is 2.05. The van der Waals surface area contributed by atoms with Crippen molar-refractivity contribution in [1.82, 2.24) is 0 Å². The summed E-state index contributed by atoms with van der Waals surface area (Å²) in [6.45, 7) is 5.87. The zero-order valence-electron chi connectivity index (χ0n) is 7.05. The maximum absolute atomic E-state index is 11.2. The first-order valence-electron chi connectivity index (χ1n) is 3.92. The zero-order chi connectivity index (χ0) is 8.15. The summed E-state index contributed by atoms with van der Waals surface area (Å²) in [5, 5.41) is 0. The molecule has 10 heavy (non-hydrogen) atoms. The van der Waals surface area contributed by atoms with Gasteiger partial charge >= 0.3 is 0 Å². The van der Waals surface area contributed by atoms with E-state index in [2.05, 4.69) is 0 Å². The SMILES string of the molecule is CCC(C)C(=O)C(N)CC. The number of hydrogen-bond donors (Lipinski definition) is 1. The Balaban J connectivity index is 3.82. The van der Waals surface area contributed by atoms with E-state index in [1.54, 1.807) is 0 Å². The highest BCUT2D eigenvalue weighted by atomic mass is 16.1. The lowest BCUT2D eigenvalue weighted by atomic mass is 9.97.